The standard InChI is InChI=1S/C13H19N3OS/c1-9-5-6-10(17-4)11-12(9)18-13(15-11)14-7-8-16(2)3/h5-6H,7-8H2,1-4H3,(H,14,15). The van der Waals surface area contributed by atoms with E-state index < -0.39 is 0 Å². The molecule has 5 heteroatoms. The van der Waals surface area contributed by atoms with Crippen molar-refractivity contribution in [3.05, 3.63) is 17.7 Å². The topological polar surface area (TPSA) is 37.4 Å². The molecule has 0 aliphatic rings. The quantitative estimate of drug-likeness (QED) is 0.901. The van der Waals surface area contributed by atoms with Crippen LogP contribution in [0.3, 0.4) is 0 Å². The summed E-state index contributed by atoms with van der Waals surface area (Å²) >= 11 is 1.68. The van der Waals surface area contributed by atoms with E-state index in [1.807, 2.05) is 6.07 Å². The molecule has 0 atom stereocenters. The molecule has 4 nitrogen and oxygen atoms in total. The first kappa shape index (κ1) is 13.1. The Morgan fingerprint density at radius 1 is 1.39 bits per heavy atom. The highest BCUT2D eigenvalue weighted by Crippen LogP contribution is 2.34. The van der Waals surface area contributed by atoms with E-state index in [2.05, 4.69) is 42.3 Å². The normalized spacial score (nSPS) is 11.2. The van der Waals surface area contributed by atoms with Crippen molar-refractivity contribution in [3.8, 4) is 5.75 Å². The first-order valence-electron chi connectivity index (χ1n) is 5.94. The lowest BCUT2D eigenvalue weighted by Gasteiger charge is -2.08. The van der Waals surface area contributed by atoms with E-state index in [9.17, 15) is 0 Å². The second-order valence-corrected chi connectivity index (χ2v) is 5.51. The number of aromatic nitrogens is 1. The molecule has 0 saturated carbocycles. The lowest BCUT2D eigenvalue weighted by Crippen LogP contribution is -2.20. The van der Waals surface area contributed by atoms with Crippen molar-refractivity contribution in [2.45, 2.75) is 6.92 Å². The minimum atomic E-state index is 0.840. The van der Waals surface area contributed by atoms with Gasteiger partial charge < -0.3 is 15.0 Å². The van der Waals surface area contributed by atoms with Gasteiger partial charge in [-0.05, 0) is 32.6 Å². The third-order valence-corrected chi connectivity index (χ3v) is 3.91. The summed E-state index contributed by atoms with van der Waals surface area (Å²) in [6, 6.07) is 4.05. The Morgan fingerprint density at radius 3 is 2.83 bits per heavy atom. The van der Waals surface area contributed by atoms with E-state index >= 15 is 0 Å². The summed E-state index contributed by atoms with van der Waals surface area (Å²) in [5, 5.41) is 4.31. The zero-order chi connectivity index (χ0) is 13.1. The molecule has 0 aliphatic carbocycles. The molecule has 1 heterocycles. The monoisotopic (exact) mass is 265 g/mol. The van der Waals surface area contributed by atoms with E-state index in [1.54, 1.807) is 18.4 Å². The van der Waals surface area contributed by atoms with Crippen LogP contribution in [0, 0.1) is 6.92 Å². The maximum Gasteiger partial charge on any atom is 0.183 e. The maximum absolute atomic E-state index is 5.35. The lowest BCUT2D eigenvalue weighted by molar-refractivity contribution is 0.419. The van der Waals surface area contributed by atoms with Gasteiger partial charge in [0.25, 0.3) is 0 Å². The molecule has 0 radical (unpaired) electrons. The molecular formula is C13H19N3OS. The van der Waals surface area contributed by atoms with Crippen molar-refractivity contribution in [1.82, 2.24) is 9.88 Å². The SMILES string of the molecule is COc1ccc(C)c2sc(NCCN(C)C)nc12. The van der Waals surface area contributed by atoms with Gasteiger partial charge in [0.2, 0.25) is 0 Å². The Hall–Kier alpha value is -1.33. The van der Waals surface area contributed by atoms with Crippen molar-refractivity contribution in [2.24, 2.45) is 0 Å². The van der Waals surface area contributed by atoms with E-state index in [0.717, 1.165) is 29.5 Å². The third-order valence-electron chi connectivity index (χ3n) is 2.76. The number of benzene rings is 1. The summed E-state index contributed by atoms with van der Waals surface area (Å²) < 4.78 is 6.54. The Bertz CT molecular complexity index is 536. The fraction of sp³-hybridized carbons (Fsp3) is 0.462. The average molecular weight is 265 g/mol. The number of hydrogen-bond acceptors (Lipinski definition) is 5. The predicted molar refractivity (Wildman–Crippen MR) is 78.0 cm³/mol. The number of aryl methyl sites for hydroxylation is 1. The number of thiazole rings is 1. The van der Waals surface area contributed by atoms with Crippen LogP contribution in [0.5, 0.6) is 5.75 Å². The van der Waals surface area contributed by atoms with Crippen molar-refractivity contribution in [2.75, 3.05) is 39.6 Å². The van der Waals surface area contributed by atoms with Gasteiger partial charge in [-0.3, -0.25) is 0 Å². The zero-order valence-corrected chi connectivity index (χ0v) is 12.1. The third kappa shape index (κ3) is 2.73. The van der Waals surface area contributed by atoms with Crippen LogP contribution >= 0.6 is 11.3 Å². The van der Waals surface area contributed by atoms with Gasteiger partial charge in [-0.2, -0.15) is 0 Å². The highest BCUT2D eigenvalue weighted by molar-refractivity contribution is 7.22. The number of likely N-dealkylation sites (N-methyl/N-ethyl adjacent to an activating group) is 1. The number of fused-ring (bicyclic) bond motifs is 1. The smallest absolute Gasteiger partial charge is 0.183 e. The highest BCUT2D eigenvalue weighted by Gasteiger charge is 2.10. The minimum absolute atomic E-state index is 0.840. The van der Waals surface area contributed by atoms with Gasteiger partial charge in [-0.1, -0.05) is 17.4 Å². The van der Waals surface area contributed by atoms with E-state index in [-0.39, 0.29) is 0 Å². The molecule has 0 amide bonds. The minimum Gasteiger partial charge on any atom is -0.494 e. The second-order valence-electron chi connectivity index (χ2n) is 4.51. The van der Waals surface area contributed by atoms with Gasteiger partial charge in [0.1, 0.15) is 11.3 Å². The molecule has 0 bridgehead atoms. The molecule has 0 spiro atoms. The summed E-state index contributed by atoms with van der Waals surface area (Å²) in [7, 11) is 5.81. The summed E-state index contributed by atoms with van der Waals surface area (Å²) in [6.07, 6.45) is 0. The van der Waals surface area contributed by atoms with Crippen LogP contribution in [0.4, 0.5) is 5.13 Å². The van der Waals surface area contributed by atoms with Gasteiger partial charge in [0, 0.05) is 13.1 Å². The Labute approximate surface area is 112 Å². The Balaban J connectivity index is 2.23. The molecule has 0 aliphatic heterocycles. The first-order chi connectivity index (χ1) is 8.61. The number of methoxy groups -OCH3 is 1. The number of hydrogen-bond donors (Lipinski definition) is 1. The maximum atomic E-state index is 5.35. The van der Waals surface area contributed by atoms with Gasteiger partial charge in [-0.25, -0.2) is 4.98 Å². The van der Waals surface area contributed by atoms with Crippen LogP contribution in [-0.4, -0.2) is 44.2 Å². The number of nitrogens with one attached hydrogen (secondary N) is 1. The van der Waals surface area contributed by atoms with E-state index in [4.69, 9.17) is 4.74 Å². The molecule has 98 valence electrons. The molecule has 18 heavy (non-hydrogen) atoms. The van der Waals surface area contributed by atoms with Crippen LogP contribution < -0.4 is 10.1 Å². The molecule has 0 unspecified atom stereocenters. The zero-order valence-electron chi connectivity index (χ0n) is 11.3. The van der Waals surface area contributed by atoms with E-state index in [1.165, 1.54) is 10.3 Å². The summed E-state index contributed by atoms with van der Waals surface area (Å²) in [6.45, 7) is 3.99. The molecule has 1 aromatic carbocycles. The van der Waals surface area contributed by atoms with Gasteiger partial charge in [0.05, 0.1) is 11.8 Å². The second kappa shape index (κ2) is 5.54. The number of anilines is 1. The van der Waals surface area contributed by atoms with Gasteiger partial charge in [0.15, 0.2) is 5.13 Å². The Morgan fingerprint density at radius 2 is 2.17 bits per heavy atom. The molecule has 2 aromatic rings. The van der Waals surface area contributed by atoms with Crippen molar-refractivity contribution in [1.29, 1.82) is 0 Å². The number of ether oxygens (including phenoxy) is 1. The van der Waals surface area contributed by atoms with Crippen LogP contribution in [0.25, 0.3) is 10.2 Å². The molecular weight excluding hydrogens is 246 g/mol. The lowest BCUT2D eigenvalue weighted by atomic mass is 10.2. The number of rotatable bonds is 5. The van der Waals surface area contributed by atoms with Crippen molar-refractivity contribution in [3.63, 3.8) is 0 Å². The Kier molecular flexibility index (Phi) is 4.04. The summed E-state index contributed by atoms with van der Waals surface area (Å²) in [5.74, 6) is 0.840. The van der Waals surface area contributed by atoms with Gasteiger partial charge >= 0.3 is 0 Å². The summed E-state index contributed by atoms with van der Waals surface area (Å²) in [5.41, 5.74) is 2.19. The summed E-state index contributed by atoms with van der Waals surface area (Å²) in [4.78, 5) is 6.75. The number of nitrogens with zero attached hydrogens (tertiary/aromatic N) is 2. The average Bonchev–Trinajstić information content (AvgIpc) is 2.74. The van der Waals surface area contributed by atoms with Gasteiger partial charge in [-0.15, -0.1) is 0 Å². The predicted octanol–water partition coefficient (Wildman–Crippen LogP) is 2.59. The van der Waals surface area contributed by atoms with E-state index in [0.29, 0.717) is 0 Å². The molecule has 0 saturated heterocycles. The fourth-order valence-corrected chi connectivity index (χ4v) is 2.71. The molecule has 1 N–H and O–H groups in total. The van der Waals surface area contributed by atoms with Crippen molar-refractivity contribution < 1.29 is 4.74 Å². The molecule has 1 aromatic heterocycles. The van der Waals surface area contributed by atoms with Crippen LogP contribution in [0.2, 0.25) is 0 Å². The highest BCUT2D eigenvalue weighted by atomic mass is 32.1. The van der Waals surface area contributed by atoms with Crippen LogP contribution in [0.1, 0.15) is 5.56 Å². The molecule has 2 rings (SSSR count). The largest absolute Gasteiger partial charge is 0.494 e. The van der Waals surface area contributed by atoms with Crippen molar-refractivity contribution >= 4 is 26.7 Å². The molecule has 0 fully saturated rings. The fourth-order valence-electron chi connectivity index (χ4n) is 1.74. The first-order valence-corrected chi connectivity index (χ1v) is 6.76. The van der Waals surface area contributed by atoms with Crippen LogP contribution in [-0.2, 0) is 0 Å². The van der Waals surface area contributed by atoms with Crippen LogP contribution in [0.15, 0.2) is 12.1 Å².